The minimum Gasteiger partial charge on any atom is -0.409 e. The Hall–Kier alpha value is -1.94. The number of rotatable bonds is 5. The average molecular weight is 286 g/mol. The molecule has 0 amide bonds. The highest BCUT2D eigenvalue weighted by Gasteiger charge is 2.17. The van der Waals surface area contributed by atoms with Crippen molar-refractivity contribution in [3.8, 4) is 0 Å². The molecule has 2 aromatic rings. The second kappa shape index (κ2) is 7.01. The Balaban J connectivity index is 2.16. The molecule has 0 fully saturated rings. The summed E-state index contributed by atoms with van der Waals surface area (Å²) in [6, 6.07) is 18.1. The minimum absolute atomic E-state index is 0.0918. The molecular weight excluding hydrogens is 268 g/mol. The zero-order valence-corrected chi connectivity index (χ0v) is 12.2. The molecule has 0 spiro atoms. The normalized spacial score (nSPS) is 13.2. The Morgan fingerprint density at radius 3 is 2.45 bits per heavy atom. The number of hydrogen-bond acceptors (Lipinski definition) is 3. The first-order chi connectivity index (χ1) is 9.72. The number of oxime groups is 1. The highest BCUT2D eigenvalue weighted by atomic mass is 32.2. The topological polar surface area (TPSA) is 58.6 Å². The van der Waals surface area contributed by atoms with Crippen molar-refractivity contribution in [3.05, 3.63) is 65.7 Å². The van der Waals surface area contributed by atoms with Crippen LogP contribution in [0.25, 0.3) is 0 Å². The van der Waals surface area contributed by atoms with Crippen LogP contribution in [-0.4, -0.2) is 16.8 Å². The third-order valence-corrected chi connectivity index (χ3v) is 4.44. The molecular formula is C16H18N2OS. The van der Waals surface area contributed by atoms with E-state index >= 15 is 0 Å². The molecule has 0 aliphatic heterocycles. The summed E-state index contributed by atoms with van der Waals surface area (Å²) >= 11 is 1.72. The van der Waals surface area contributed by atoms with Crippen LogP contribution in [0.15, 0.2) is 64.6 Å². The molecule has 0 aliphatic carbocycles. The van der Waals surface area contributed by atoms with Crippen LogP contribution in [0, 0.1) is 6.92 Å². The number of amidine groups is 1. The van der Waals surface area contributed by atoms with Crippen LogP contribution in [-0.2, 0) is 0 Å². The van der Waals surface area contributed by atoms with E-state index in [0.717, 1.165) is 11.3 Å². The van der Waals surface area contributed by atoms with Gasteiger partial charge in [0.15, 0.2) is 0 Å². The van der Waals surface area contributed by atoms with E-state index in [1.807, 2.05) is 42.5 Å². The van der Waals surface area contributed by atoms with Gasteiger partial charge in [-0.2, -0.15) is 0 Å². The van der Waals surface area contributed by atoms with E-state index in [0.29, 0.717) is 0 Å². The van der Waals surface area contributed by atoms with Crippen LogP contribution in [0.2, 0.25) is 0 Å². The lowest BCUT2D eigenvalue weighted by molar-refractivity contribution is 0.316. The van der Waals surface area contributed by atoms with Gasteiger partial charge in [-0.05, 0) is 24.1 Å². The molecule has 3 nitrogen and oxygen atoms in total. The van der Waals surface area contributed by atoms with Crippen molar-refractivity contribution in [1.29, 1.82) is 0 Å². The van der Waals surface area contributed by atoms with Crippen LogP contribution in [0.5, 0.6) is 0 Å². The van der Waals surface area contributed by atoms with Crippen LogP contribution >= 0.6 is 11.8 Å². The lowest BCUT2D eigenvalue weighted by Crippen LogP contribution is -2.23. The van der Waals surface area contributed by atoms with Gasteiger partial charge in [0.25, 0.3) is 0 Å². The monoisotopic (exact) mass is 286 g/mol. The standard InChI is InChI=1S/C16H18N2OS/c1-12-7-5-6-10-15(12)20-11-14(16(17)18-19)13-8-3-2-4-9-13/h2-10,14,19H,11H2,1H3,(H2,17,18). The van der Waals surface area contributed by atoms with Crippen molar-refractivity contribution < 1.29 is 5.21 Å². The summed E-state index contributed by atoms with van der Waals surface area (Å²) in [6.07, 6.45) is 0. The van der Waals surface area contributed by atoms with Gasteiger partial charge in [0.05, 0.1) is 5.92 Å². The van der Waals surface area contributed by atoms with Gasteiger partial charge in [0.1, 0.15) is 5.84 Å². The Morgan fingerprint density at radius 1 is 1.15 bits per heavy atom. The number of hydrogen-bond donors (Lipinski definition) is 2. The Bertz CT molecular complexity index is 584. The van der Waals surface area contributed by atoms with Crippen LogP contribution in [0.3, 0.4) is 0 Å². The van der Waals surface area contributed by atoms with Crippen LogP contribution in [0.4, 0.5) is 0 Å². The first-order valence-corrected chi connectivity index (χ1v) is 7.41. The fourth-order valence-corrected chi connectivity index (χ4v) is 3.18. The summed E-state index contributed by atoms with van der Waals surface area (Å²) in [6.45, 7) is 2.09. The van der Waals surface area contributed by atoms with Crippen molar-refractivity contribution >= 4 is 17.6 Å². The SMILES string of the molecule is Cc1ccccc1SCC(C(N)=NO)c1ccccc1. The predicted octanol–water partition coefficient (Wildman–Crippen LogP) is 3.62. The zero-order chi connectivity index (χ0) is 14.4. The average Bonchev–Trinajstić information content (AvgIpc) is 2.50. The maximum Gasteiger partial charge on any atom is 0.147 e. The van der Waals surface area contributed by atoms with Gasteiger partial charge in [0, 0.05) is 10.6 Å². The largest absolute Gasteiger partial charge is 0.409 e. The van der Waals surface area contributed by atoms with Crippen molar-refractivity contribution in [3.63, 3.8) is 0 Å². The predicted molar refractivity (Wildman–Crippen MR) is 84.5 cm³/mol. The van der Waals surface area contributed by atoms with Gasteiger partial charge < -0.3 is 10.9 Å². The smallest absolute Gasteiger partial charge is 0.147 e. The molecule has 0 heterocycles. The summed E-state index contributed by atoms with van der Waals surface area (Å²) in [5.41, 5.74) is 8.14. The van der Waals surface area contributed by atoms with E-state index in [-0.39, 0.29) is 11.8 Å². The molecule has 1 atom stereocenters. The Morgan fingerprint density at radius 2 is 1.80 bits per heavy atom. The van der Waals surface area contributed by atoms with Crippen molar-refractivity contribution in [2.75, 3.05) is 5.75 Å². The number of nitrogens with zero attached hydrogens (tertiary/aromatic N) is 1. The second-order valence-corrected chi connectivity index (χ2v) is 5.63. The molecule has 2 rings (SSSR count). The molecule has 4 heteroatoms. The van der Waals surface area contributed by atoms with E-state index in [2.05, 4.69) is 24.2 Å². The van der Waals surface area contributed by atoms with Gasteiger partial charge in [-0.25, -0.2) is 0 Å². The molecule has 0 radical (unpaired) electrons. The molecule has 3 N–H and O–H groups in total. The molecule has 0 bridgehead atoms. The van der Waals surface area contributed by atoms with Crippen molar-refractivity contribution in [2.24, 2.45) is 10.9 Å². The van der Waals surface area contributed by atoms with Crippen molar-refractivity contribution in [2.45, 2.75) is 17.7 Å². The van der Waals surface area contributed by atoms with Crippen LogP contribution in [0.1, 0.15) is 17.0 Å². The molecule has 0 aliphatic rings. The van der Waals surface area contributed by atoms with Gasteiger partial charge in [-0.1, -0.05) is 53.7 Å². The van der Waals surface area contributed by atoms with Gasteiger partial charge in [-0.3, -0.25) is 0 Å². The maximum atomic E-state index is 8.97. The highest BCUT2D eigenvalue weighted by molar-refractivity contribution is 7.99. The molecule has 0 saturated heterocycles. The van der Waals surface area contributed by atoms with E-state index in [9.17, 15) is 0 Å². The van der Waals surface area contributed by atoms with Crippen LogP contribution < -0.4 is 5.73 Å². The number of nitrogens with two attached hydrogens (primary N) is 1. The van der Waals surface area contributed by atoms with E-state index in [4.69, 9.17) is 10.9 Å². The summed E-state index contributed by atoms with van der Waals surface area (Å²) in [5, 5.41) is 12.2. The van der Waals surface area contributed by atoms with Gasteiger partial charge in [0.2, 0.25) is 0 Å². The van der Waals surface area contributed by atoms with Crippen molar-refractivity contribution in [1.82, 2.24) is 0 Å². The minimum atomic E-state index is -0.0918. The first-order valence-electron chi connectivity index (χ1n) is 6.43. The molecule has 104 valence electrons. The summed E-state index contributed by atoms with van der Waals surface area (Å²) in [7, 11) is 0. The molecule has 0 aromatic heterocycles. The Labute approximate surface area is 123 Å². The number of thioether (sulfide) groups is 1. The quantitative estimate of drug-likeness (QED) is 0.290. The Kier molecular flexibility index (Phi) is 5.07. The molecule has 2 aromatic carbocycles. The fraction of sp³-hybridized carbons (Fsp3) is 0.188. The lowest BCUT2D eigenvalue weighted by atomic mass is 10.0. The highest BCUT2D eigenvalue weighted by Crippen LogP contribution is 2.28. The van der Waals surface area contributed by atoms with Gasteiger partial charge in [-0.15, -0.1) is 11.8 Å². The second-order valence-electron chi connectivity index (χ2n) is 4.56. The summed E-state index contributed by atoms with van der Waals surface area (Å²) < 4.78 is 0. The van der Waals surface area contributed by atoms with Gasteiger partial charge >= 0.3 is 0 Å². The molecule has 20 heavy (non-hydrogen) atoms. The summed E-state index contributed by atoms with van der Waals surface area (Å²) in [4.78, 5) is 1.22. The number of aryl methyl sites for hydroxylation is 1. The maximum absolute atomic E-state index is 8.97. The third-order valence-electron chi connectivity index (χ3n) is 3.17. The first kappa shape index (κ1) is 14.5. The fourth-order valence-electron chi connectivity index (χ4n) is 2.00. The van der Waals surface area contributed by atoms with E-state index in [1.165, 1.54) is 10.5 Å². The molecule has 1 unspecified atom stereocenters. The third kappa shape index (κ3) is 3.54. The molecule has 0 saturated carbocycles. The van der Waals surface area contributed by atoms with E-state index < -0.39 is 0 Å². The van der Waals surface area contributed by atoms with E-state index in [1.54, 1.807) is 11.8 Å². The zero-order valence-electron chi connectivity index (χ0n) is 11.4. The summed E-state index contributed by atoms with van der Waals surface area (Å²) in [5.74, 6) is 0.896. The number of benzene rings is 2. The lowest BCUT2D eigenvalue weighted by Gasteiger charge is -2.16.